The Morgan fingerprint density at radius 2 is 1.20 bits per heavy atom. The maximum absolute atomic E-state index is 12.8. The fourth-order valence-corrected chi connectivity index (χ4v) is 1.79. The first-order valence-electron chi connectivity index (χ1n) is 7.90. The Hall–Kier alpha value is -2.94. The monoisotopic (exact) mass is 449 g/mol. The molecule has 0 bridgehead atoms. The Labute approximate surface area is 162 Å². The van der Waals surface area contributed by atoms with Crippen LogP contribution in [0.3, 0.4) is 0 Å². The normalized spacial score (nSPS) is 14.9. The summed E-state index contributed by atoms with van der Waals surface area (Å²) in [6.45, 7) is 1.36. The lowest BCUT2D eigenvalue weighted by atomic mass is 10.3. The van der Waals surface area contributed by atoms with Crippen LogP contribution in [-0.4, -0.2) is 49.4 Å². The van der Waals surface area contributed by atoms with Crippen molar-refractivity contribution >= 4 is 11.9 Å². The SMILES string of the molecule is CC(Nc1nc(N[C@H](C)C(F)(F)F)nc(-c2ccnc(C(F)(F)F)n2)n1)C(F)(F)F. The van der Waals surface area contributed by atoms with Gasteiger partial charge in [-0.1, -0.05) is 0 Å². The first-order valence-corrected chi connectivity index (χ1v) is 7.90. The number of alkyl halides is 9. The summed E-state index contributed by atoms with van der Waals surface area (Å²) in [6, 6.07) is -3.55. The highest BCUT2D eigenvalue weighted by atomic mass is 19.4. The summed E-state index contributed by atoms with van der Waals surface area (Å²) in [4.78, 5) is 16.7. The molecule has 0 amide bonds. The van der Waals surface area contributed by atoms with Gasteiger partial charge in [0.25, 0.3) is 0 Å². The Bertz CT molecular complexity index is 839. The van der Waals surface area contributed by atoms with E-state index in [1.54, 1.807) is 0 Å². The van der Waals surface area contributed by atoms with Crippen molar-refractivity contribution in [3.05, 3.63) is 18.1 Å². The Morgan fingerprint density at radius 1 is 0.733 bits per heavy atom. The highest BCUT2D eigenvalue weighted by Crippen LogP contribution is 2.28. The van der Waals surface area contributed by atoms with E-state index in [-0.39, 0.29) is 0 Å². The molecule has 0 spiro atoms. The van der Waals surface area contributed by atoms with Crippen LogP contribution < -0.4 is 10.6 Å². The molecule has 0 aromatic carbocycles. The summed E-state index contributed by atoms with van der Waals surface area (Å²) in [6.07, 6.45) is -13.8. The van der Waals surface area contributed by atoms with Crippen molar-refractivity contribution in [3.8, 4) is 11.5 Å². The van der Waals surface area contributed by atoms with Crippen LogP contribution in [0.1, 0.15) is 19.7 Å². The minimum Gasteiger partial charge on any atom is -0.343 e. The molecule has 0 aliphatic heterocycles. The number of rotatable bonds is 5. The van der Waals surface area contributed by atoms with Crippen molar-refractivity contribution in [1.82, 2.24) is 24.9 Å². The molecular weight excluding hydrogens is 437 g/mol. The van der Waals surface area contributed by atoms with Crippen molar-refractivity contribution in [2.75, 3.05) is 10.6 Å². The van der Waals surface area contributed by atoms with E-state index in [0.29, 0.717) is 20.0 Å². The van der Waals surface area contributed by atoms with Crippen LogP contribution in [0.2, 0.25) is 0 Å². The van der Waals surface area contributed by atoms with Crippen LogP contribution in [0.4, 0.5) is 51.4 Å². The van der Waals surface area contributed by atoms with Gasteiger partial charge in [-0.15, -0.1) is 0 Å². The van der Waals surface area contributed by atoms with Gasteiger partial charge in [0.2, 0.25) is 17.7 Å². The van der Waals surface area contributed by atoms with E-state index in [2.05, 4.69) is 24.9 Å². The van der Waals surface area contributed by atoms with Crippen molar-refractivity contribution in [3.63, 3.8) is 0 Å². The molecule has 0 radical (unpaired) electrons. The molecule has 2 heterocycles. The van der Waals surface area contributed by atoms with Crippen LogP contribution in [0.25, 0.3) is 11.5 Å². The zero-order valence-corrected chi connectivity index (χ0v) is 14.9. The maximum Gasteiger partial charge on any atom is 0.451 e. The lowest BCUT2D eigenvalue weighted by Gasteiger charge is -2.20. The molecule has 0 aliphatic carbocycles. The second-order valence-corrected chi connectivity index (χ2v) is 5.88. The molecule has 2 aromatic rings. The zero-order chi connectivity index (χ0) is 22.9. The summed E-state index contributed by atoms with van der Waals surface area (Å²) < 4.78 is 115. The third-order valence-corrected chi connectivity index (χ3v) is 3.45. The van der Waals surface area contributed by atoms with Gasteiger partial charge in [-0.25, -0.2) is 9.97 Å². The van der Waals surface area contributed by atoms with E-state index in [1.165, 1.54) is 0 Å². The lowest BCUT2D eigenvalue weighted by Crippen LogP contribution is -2.35. The van der Waals surface area contributed by atoms with Crippen molar-refractivity contribution in [2.24, 2.45) is 0 Å². The first-order chi connectivity index (χ1) is 13.6. The average molecular weight is 449 g/mol. The topological polar surface area (TPSA) is 88.5 Å². The van der Waals surface area contributed by atoms with E-state index < -0.39 is 59.9 Å². The third kappa shape index (κ3) is 6.03. The van der Waals surface area contributed by atoms with Gasteiger partial charge in [0.15, 0.2) is 5.82 Å². The molecule has 0 aliphatic rings. The molecule has 0 saturated heterocycles. The largest absolute Gasteiger partial charge is 0.451 e. The smallest absolute Gasteiger partial charge is 0.343 e. The van der Waals surface area contributed by atoms with E-state index in [4.69, 9.17) is 0 Å². The molecule has 2 rings (SSSR count). The second-order valence-electron chi connectivity index (χ2n) is 5.88. The molecule has 0 fully saturated rings. The number of hydrogen-bond acceptors (Lipinski definition) is 7. The predicted molar refractivity (Wildman–Crippen MR) is 84.1 cm³/mol. The fraction of sp³-hybridized carbons (Fsp3) is 0.500. The summed E-state index contributed by atoms with van der Waals surface area (Å²) >= 11 is 0. The number of nitrogens with zero attached hydrogens (tertiary/aromatic N) is 5. The summed E-state index contributed by atoms with van der Waals surface area (Å²) in [5, 5.41) is 3.63. The van der Waals surface area contributed by atoms with Gasteiger partial charge < -0.3 is 10.6 Å². The fourth-order valence-electron chi connectivity index (χ4n) is 1.79. The van der Waals surface area contributed by atoms with Crippen LogP contribution in [0.5, 0.6) is 0 Å². The zero-order valence-electron chi connectivity index (χ0n) is 14.9. The molecule has 30 heavy (non-hydrogen) atoms. The molecule has 16 heteroatoms. The molecule has 2 aromatic heterocycles. The highest BCUT2D eigenvalue weighted by molar-refractivity contribution is 5.53. The van der Waals surface area contributed by atoms with Crippen LogP contribution in [0, 0.1) is 0 Å². The average Bonchev–Trinajstić information content (AvgIpc) is 2.59. The minimum atomic E-state index is -4.96. The number of hydrogen-bond donors (Lipinski definition) is 2. The Kier molecular flexibility index (Phi) is 6.27. The first kappa shape index (κ1) is 23.3. The number of halogens is 9. The quantitative estimate of drug-likeness (QED) is 0.666. The Balaban J connectivity index is 2.51. The van der Waals surface area contributed by atoms with Crippen molar-refractivity contribution < 1.29 is 39.5 Å². The van der Waals surface area contributed by atoms with Gasteiger partial charge in [0.1, 0.15) is 17.8 Å². The third-order valence-electron chi connectivity index (χ3n) is 3.45. The molecule has 2 atom stereocenters. The van der Waals surface area contributed by atoms with E-state index in [0.717, 1.165) is 6.07 Å². The van der Waals surface area contributed by atoms with Gasteiger partial charge in [0, 0.05) is 6.20 Å². The van der Waals surface area contributed by atoms with Crippen LogP contribution in [0.15, 0.2) is 12.3 Å². The van der Waals surface area contributed by atoms with Crippen LogP contribution in [-0.2, 0) is 6.18 Å². The van der Waals surface area contributed by atoms with Gasteiger partial charge in [-0.05, 0) is 19.9 Å². The van der Waals surface area contributed by atoms with Crippen molar-refractivity contribution in [1.29, 1.82) is 0 Å². The molecule has 7 nitrogen and oxygen atoms in total. The summed E-state index contributed by atoms with van der Waals surface area (Å²) in [5.74, 6) is -3.95. The number of aromatic nitrogens is 5. The summed E-state index contributed by atoms with van der Waals surface area (Å²) in [5.41, 5.74) is -0.592. The molecule has 166 valence electrons. The number of anilines is 2. The molecular formula is C14H12F9N7. The lowest BCUT2D eigenvalue weighted by molar-refractivity contribution is -0.145. The highest BCUT2D eigenvalue weighted by Gasteiger charge is 2.38. The van der Waals surface area contributed by atoms with Crippen molar-refractivity contribution in [2.45, 2.75) is 44.5 Å². The van der Waals surface area contributed by atoms with Gasteiger partial charge in [0.05, 0.1) is 0 Å². The van der Waals surface area contributed by atoms with Gasteiger partial charge in [-0.2, -0.15) is 54.5 Å². The molecule has 1 unspecified atom stereocenters. The standard InChI is InChI=1S/C14H12F9N7/c1-5(12(15,16)17)25-10-28-8(7-3-4-24-9(27-7)14(21,22)23)29-11(30-10)26-6(2)13(18,19)20/h3-6H,1-2H3,(H2,25,26,28,29,30)/t5-,6?/m1/s1. The number of nitrogens with one attached hydrogen (secondary N) is 2. The van der Waals surface area contributed by atoms with E-state index >= 15 is 0 Å². The summed E-state index contributed by atoms with van der Waals surface area (Å²) in [7, 11) is 0. The molecule has 0 saturated carbocycles. The van der Waals surface area contributed by atoms with Gasteiger partial charge >= 0.3 is 18.5 Å². The Morgan fingerprint density at radius 3 is 1.60 bits per heavy atom. The molecule has 2 N–H and O–H groups in total. The minimum absolute atomic E-state index is 0.592. The van der Waals surface area contributed by atoms with E-state index in [9.17, 15) is 39.5 Å². The van der Waals surface area contributed by atoms with Gasteiger partial charge in [-0.3, -0.25) is 0 Å². The van der Waals surface area contributed by atoms with Crippen LogP contribution >= 0.6 is 0 Å². The van der Waals surface area contributed by atoms with E-state index in [1.807, 2.05) is 10.6 Å². The predicted octanol–water partition coefficient (Wildman–Crippen LogP) is 4.07. The second kappa shape index (κ2) is 8.06. The maximum atomic E-state index is 12.8.